The van der Waals surface area contributed by atoms with E-state index in [0.717, 1.165) is 0 Å². The van der Waals surface area contributed by atoms with Crippen molar-refractivity contribution in [2.24, 2.45) is 34.5 Å². The van der Waals surface area contributed by atoms with Crippen LogP contribution in [0.3, 0.4) is 0 Å². The van der Waals surface area contributed by atoms with Gasteiger partial charge in [-0.15, -0.1) is 18.3 Å². The summed E-state index contributed by atoms with van der Waals surface area (Å²) >= 11 is 0. The quantitative estimate of drug-likeness (QED) is 0.487. The van der Waals surface area contributed by atoms with Crippen LogP contribution >= 0.6 is 0 Å². The molecule has 0 unspecified atom stereocenters. The lowest BCUT2D eigenvalue weighted by Crippen LogP contribution is -2.63. The minimum absolute atomic E-state index is 0.0369. The summed E-state index contributed by atoms with van der Waals surface area (Å²) in [6.07, 6.45) is -0.858. The number of allylic oxidation sites excluding steroid dienone is 1. The zero-order valence-corrected chi connectivity index (χ0v) is 22.6. The third-order valence-corrected chi connectivity index (χ3v) is 10.1. The second-order valence-electron chi connectivity index (χ2n) is 12.4. The average Bonchev–Trinajstić information content (AvgIpc) is 3.17. The van der Waals surface area contributed by atoms with Gasteiger partial charge in [0.1, 0.15) is 29.2 Å². The minimum Gasteiger partial charge on any atom is -0.406 e. The Hall–Kier alpha value is -3.02. The molecule has 6 rings (SSSR count). The number of benzene rings is 1. The van der Waals surface area contributed by atoms with E-state index < -0.39 is 47.8 Å². The van der Waals surface area contributed by atoms with Crippen molar-refractivity contribution in [3.05, 3.63) is 53.8 Å². The fourth-order valence-electron chi connectivity index (χ4n) is 8.23. The van der Waals surface area contributed by atoms with Gasteiger partial charge >= 0.3 is 6.36 Å². The average molecular weight is 560 g/mol. The van der Waals surface area contributed by atoms with Gasteiger partial charge in [-0.2, -0.15) is 0 Å². The van der Waals surface area contributed by atoms with Crippen molar-refractivity contribution in [3.8, 4) is 17.0 Å². The van der Waals surface area contributed by atoms with Gasteiger partial charge in [-0.05, 0) is 59.8 Å². The summed E-state index contributed by atoms with van der Waals surface area (Å²) in [6, 6.07) is 4.27. The second-order valence-corrected chi connectivity index (χ2v) is 12.4. The summed E-state index contributed by atoms with van der Waals surface area (Å²) < 4.78 is 43.7. The van der Waals surface area contributed by atoms with Crippen molar-refractivity contribution in [3.63, 3.8) is 0 Å². The number of hydrogen-bond donors (Lipinski definition) is 3. The number of halogens is 3. The first-order valence-corrected chi connectivity index (χ1v) is 13.4. The second kappa shape index (κ2) is 8.50. The fourth-order valence-corrected chi connectivity index (χ4v) is 8.23. The molecule has 1 aromatic heterocycles. The topological polar surface area (TPSA) is 118 Å². The number of ketones is 1. The zero-order chi connectivity index (χ0) is 29.0. The number of carbonyl (C=O) groups excluding carboxylic acids is 1. The molecule has 214 valence electrons. The molecule has 4 aliphatic carbocycles. The molecule has 2 saturated carbocycles. The van der Waals surface area contributed by atoms with E-state index >= 15 is 0 Å². The maximum absolute atomic E-state index is 14.5. The molecule has 0 radical (unpaired) electrons. The zero-order valence-electron chi connectivity index (χ0n) is 22.6. The van der Waals surface area contributed by atoms with Crippen molar-refractivity contribution in [1.82, 2.24) is 15.0 Å². The Morgan fingerprint density at radius 3 is 2.65 bits per heavy atom. The molecule has 8 nitrogen and oxygen atoms in total. The van der Waals surface area contributed by atoms with Gasteiger partial charge in [0.2, 0.25) is 0 Å². The van der Waals surface area contributed by atoms with Crippen LogP contribution in [0.15, 0.2) is 53.8 Å². The monoisotopic (exact) mass is 559 g/mol. The Kier molecular flexibility index (Phi) is 5.77. The minimum atomic E-state index is -4.86. The Bertz CT molecular complexity index is 1450. The van der Waals surface area contributed by atoms with E-state index in [4.69, 9.17) is 0 Å². The lowest BCUT2D eigenvalue weighted by Gasteiger charge is -2.49. The lowest BCUT2D eigenvalue weighted by molar-refractivity contribution is -0.274. The molecule has 2 aromatic rings. The van der Waals surface area contributed by atoms with E-state index in [1.165, 1.54) is 29.1 Å². The number of carbonyl (C=O) groups is 1. The van der Waals surface area contributed by atoms with E-state index in [-0.39, 0.29) is 40.2 Å². The largest absolute Gasteiger partial charge is 0.573 e. The van der Waals surface area contributed by atoms with Gasteiger partial charge in [0.05, 0.1) is 18.2 Å². The van der Waals surface area contributed by atoms with E-state index in [1.54, 1.807) is 25.1 Å². The van der Waals surface area contributed by atoms with Crippen LogP contribution in [-0.4, -0.2) is 60.8 Å². The number of rotatable bonds is 4. The highest BCUT2D eigenvalue weighted by molar-refractivity contribution is 5.95. The smallest absolute Gasteiger partial charge is 0.406 e. The van der Waals surface area contributed by atoms with Crippen molar-refractivity contribution in [2.75, 3.05) is 6.61 Å². The number of Topliss-reactive ketones (excluding diaryl/α,β-unsaturated/α-hetero) is 1. The van der Waals surface area contributed by atoms with Gasteiger partial charge in [-0.25, -0.2) is 4.68 Å². The van der Waals surface area contributed by atoms with E-state index in [9.17, 15) is 33.3 Å². The third-order valence-electron chi connectivity index (χ3n) is 10.1. The standard InChI is InChI=1S/C29H32F3N3O5/c1-14-11-27-15(2)8-20-22(26(20,3)4)19(25(27)38)10-17(13-36)24(37)28(27,39)23(14)35-12-21(33-34-35)16-6-5-7-18(9-16)40-29(30,31)32/h5-7,9-12,15,19-20,22-24,36-37,39H,8,13H2,1-4H3/t15-,19+,20-,22+,23+,24-,27+,28-/m1/s1. The van der Waals surface area contributed by atoms with Gasteiger partial charge in [0, 0.05) is 11.5 Å². The van der Waals surface area contributed by atoms with Gasteiger partial charge in [-0.3, -0.25) is 4.79 Å². The molecule has 1 aromatic carbocycles. The van der Waals surface area contributed by atoms with Crippen molar-refractivity contribution < 1.29 is 38.0 Å². The van der Waals surface area contributed by atoms with Crippen LogP contribution in [0.2, 0.25) is 0 Å². The Labute approximate surface area is 229 Å². The van der Waals surface area contributed by atoms with E-state index in [2.05, 4.69) is 28.9 Å². The maximum atomic E-state index is 14.5. The first kappa shape index (κ1) is 27.2. The molecule has 1 heterocycles. The molecule has 40 heavy (non-hydrogen) atoms. The molecular formula is C29H32F3N3O5. The molecular weight excluding hydrogens is 527 g/mol. The number of alkyl halides is 3. The molecule has 2 fully saturated rings. The highest BCUT2D eigenvalue weighted by Crippen LogP contribution is 2.72. The van der Waals surface area contributed by atoms with Crippen LogP contribution in [0.1, 0.15) is 40.2 Å². The predicted molar refractivity (Wildman–Crippen MR) is 137 cm³/mol. The van der Waals surface area contributed by atoms with Crippen LogP contribution in [0.5, 0.6) is 5.75 Å². The van der Waals surface area contributed by atoms with E-state index in [0.29, 0.717) is 17.6 Å². The van der Waals surface area contributed by atoms with Crippen molar-refractivity contribution in [1.29, 1.82) is 0 Å². The summed E-state index contributed by atoms with van der Waals surface area (Å²) in [4.78, 5) is 14.5. The molecule has 8 atom stereocenters. The van der Waals surface area contributed by atoms with Gasteiger partial charge < -0.3 is 20.1 Å². The van der Waals surface area contributed by atoms with Crippen LogP contribution in [-0.2, 0) is 4.79 Å². The molecule has 1 spiro atoms. The number of nitrogens with zero attached hydrogens (tertiary/aromatic N) is 3. The summed E-state index contributed by atoms with van der Waals surface area (Å²) in [7, 11) is 0. The number of aliphatic hydroxyl groups is 3. The van der Waals surface area contributed by atoms with Crippen LogP contribution in [0.4, 0.5) is 13.2 Å². The number of hydrogen-bond acceptors (Lipinski definition) is 7. The summed E-state index contributed by atoms with van der Waals surface area (Å²) in [5.74, 6) is -1.21. The number of aliphatic hydroxyl groups excluding tert-OH is 2. The van der Waals surface area contributed by atoms with Crippen LogP contribution in [0, 0.1) is 34.5 Å². The number of ether oxygens (including phenoxy) is 1. The van der Waals surface area contributed by atoms with E-state index in [1.807, 2.05) is 6.92 Å². The highest BCUT2D eigenvalue weighted by atomic mass is 19.4. The van der Waals surface area contributed by atoms with Crippen LogP contribution < -0.4 is 4.74 Å². The van der Waals surface area contributed by atoms with Crippen molar-refractivity contribution in [2.45, 2.75) is 58.2 Å². The predicted octanol–water partition coefficient (Wildman–Crippen LogP) is 3.85. The molecule has 0 aliphatic heterocycles. The fraction of sp³-hybridized carbons (Fsp3) is 0.552. The first-order valence-electron chi connectivity index (χ1n) is 13.4. The Morgan fingerprint density at radius 1 is 1.25 bits per heavy atom. The van der Waals surface area contributed by atoms with Gasteiger partial charge in [0.25, 0.3) is 0 Å². The SMILES string of the molecule is CC1=C[C@]23C(=O)[C@@H](C=C(CO)[C@@H](O)[C@]2(O)[C@H]1n1cc(-c2cccc(OC(F)(F)F)c2)nn1)[C@H]1[C@@H](C[C@H]3C)C1(C)C. The Morgan fingerprint density at radius 2 is 1.98 bits per heavy atom. The highest BCUT2D eigenvalue weighted by Gasteiger charge is 2.76. The molecule has 4 aliphatic rings. The maximum Gasteiger partial charge on any atom is 0.573 e. The number of fused-ring (bicyclic) bond motifs is 3. The van der Waals surface area contributed by atoms with Gasteiger partial charge in [0.15, 0.2) is 5.78 Å². The summed E-state index contributed by atoms with van der Waals surface area (Å²) in [5, 5.41) is 43.1. The molecule has 0 saturated heterocycles. The van der Waals surface area contributed by atoms with Crippen molar-refractivity contribution >= 4 is 5.78 Å². The molecule has 2 bridgehead atoms. The Balaban J connectivity index is 1.45. The third kappa shape index (κ3) is 3.53. The number of aromatic nitrogens is 3. The first-order chi connectivity index (χ1) is 18.7. The summed E-state index contributed by atoms with van der Waals surface area (Å²) in [6.45, 7) is 7.41. The molecule has 3 N–H and O–H groups in total. The molecule has 11 heteroatoms. The van der Waals surface area contributed by atoms with Crippen LogP contribution in [0.25, 0.3) is 11.3 Å². The normalized spacial score (nSPS) is 38.0. The molecule has 0 amide bonds. The summed E-state index contributed by atoms with van der Waals surface area (Å²) in [5.41, 5.74) is -2.33. The van der Waals surface area contributed by atoms with Gasteiger partial charge in [-0.1, -0.05) is 50.3 Å². The lowest BCUT2D eigenvalue weighted by atomic mass is 9.58.